The van der Waals surface area contributed by atoms with Crippen LogP contribution in [-0.2, 0) is 0 Å². The van der Waals surface area contributed by atoms with E-state index in [-0.39, 0.29) is 5.82 Å². The molecule has 2 aromatic rings. The van der Waals surface area contributed by atoms with Gasteiger partial charge in [-0.2, -0.15) is 0 Å². The van der Waals surface area contributed by atoms with Gasteiger partial charge in [-0.05, 0) is 45.8 Å². The fraction of sp³-hybridized carbons (Fsp3) is 0.0769. The van der Waals surface area contributed by atoms with E-state index in [0.717, 1.165) is 4.47 Å². The molecule has 1 N–H and O–H groups in total. The maximum atomic E-state index is 13.1. The first kappa shape index (κ1) is 14.0. The van der Waals surface area contributed by atoms with Crippen molar-refractivity contribution in [2.24, 2.45) is 0 Å². The molecule has 5 heteroatoms. The van der Waals surface area contributed by atoms with E-state index in [0.29, 0.717) is 20.6 Å². The van der Waals surface area contributed by atoms with Crippen LogP contribution >= 0.6 is 43.5 Å². The van der Waals surface area contributed by atoms with Gasteiger partial charge in [-0.25, -0.2) is 4.39 Å². The van der Waals surface area contributed by atoms with Gasteiger partial charge in [-0.3, -0.25) is 0 Å². The van der Waals surface area contributed by atoms with Crippen LogP contribution < -0.4 is 0 Å². The highest BCUT2D eigenvalue weighted by atomic mass is 79.9. The number of hydrogen-bond donors (Lipinski definition) is 1. The highest BCUT2D eigenvalue weighted by molar-refractivity contribution is 9.10. The Kier molecular flexibility index (Phi) is 4.43. The van der Waals surface area contributed by atoms with Gasteiger partial charge >= 0.3 is 0 Å². The zero-order valence-electron chi connectivity index (χ0n) is 9.00. The van der Waals surface area contributed by atoms with Crippen LogP contribution in [0.5, 0.6) is 0 Å². The van der Waals surface area contributed by atoms with Crippen molar-refractivity contribution >= 4 is 43.5 Å². The van der Waals surface area contributed by atoms with Gasteiger partial charge in [0.25, 0.3) is 0 Å². The van der Waals surface area contributed by atoms with Gasteiger partial charge in [-0.15, -0.1) is 0 Å². The third-order valence-corrected chi connectivity index (χ3v) is 3.94. The molecule has 0 aliphatic rings. The smallest absolute Gasteiger partial charge is 0.137 e. The van der Waals surface area contributed by atoms with Crippen LogP contribution in [0.2, 0.25) is 5.02 Å². The molecule has 2 rings (SSSR count). The average Bonchev–Trinajstić information content (AvgIpc) is 2.32. The molecular formula is C13H8Br2ClFO. The highest BCUT2D eigenvalue weighted by Gasteiger charge is 2.15. The monoisotopic (exact) mass is 392 g/mol. The summed E-state index contributed by atoms with van der Waals surface area (Å²) in [6, 6.07) is 9.60. The summed E-state index contributed by atoms with van der Waals surface area (Å²) >= 11 is 12.5. The molecule has 0 radical (unpaired) electrons. The van der Waals surface area contributed by atoms with Crippen LogP contribution in [0.1, 0.15) is 17.2 Å². The molecule has 0 spiro atoms. The summed E-state index contributed by atoms with van der Waals surface area (Å²) in [6.45, 7) is 0. The molecule has 0 amide bonds. The third kappa shape index (κ3) is 2.94. The predicted octanol–water partition coefficient (Wildman–Crippen LogP) is 5.09. The van der Waals surface area contributed by atoms with Crippen LogP contribution in [-0.4, -0.2) is 5.11 Å². The number of benzene rings is 2. The van der Waals surface area contributed by atoms with Crippen molar-refractivity contribution in [1.82, 2.24) is 0 Å². The molecule has 2 aromatic carbocycles. The van der Waals surface area contributed by atoms with E-state index in [1.54, 1.807) is 24.3 Å². The minimum absolute atomic E-state index is 0.312. The zero-order valence-corrected chi connectivity index (χ0v) is 12.9. The lowest BCUT2D eigenvalue weighted by molar-refractivity contribution is 0.220. The molecule has 0 aliphatic carbocycles. The van der Waals surface area contributed by atoms with Gasteiger partial charge in [0, 0.05) is 15.1 Å². The van der Waals surface area contributed by atoms with Gasteiger partial charge in [0.1, 0.15) is 11.9 Å². The normalized spacial score (nSPS) is 12.5. The molecule has 0 heterocycles. The first-order chi connectivity index (χ1) is 8.49. The highest BCUT2D eigenvalue weighted by Crippen LogP contribution is 2.31. The summed E-state index contributed by atoms with van der Waals surface area (Å²) in [7, 11) is 0. The number of aliphatic hydroxyl groups excluding tert-OH is 1. The number of rotatable bonds is 2. The number of aliphatic hydroxyl groups is 1. The second-order valence-corrected chi connectivity index (χ2v) is 5.92. The molecule has 0 bridgehead atoms. The van der Waals surface area contributed by atoms with Crippen molar-refractivity contribution in [3.8, 4) is 0 Å². The lowest BCUT2D eigenvalue weighted by Crippen LogP contribution is -2.01. The van der Waals surface area contributed by atoms with Crippen LogP contribution in [0.3, 0.4) is 0 Å². The topological polar surface area (TPSA) is 20.2 Å². The second-order valence-electron chi connectivity index (χ2n) is 3.74. The van der Waals surface area contributed by atoms with Crippen LogP contribution in [0.4, 0.5) is 4.39 Å². The molecule has 1 nitrogen and oxygen atoms in total. The maximum absolute atomic E-state index is 13.1. The van der Waals surface area contributed by atoms with E-state index in [9.17, 15) is 9.50 Å². The van der Waals surface area contributed by atoms with E-state index < -0.39 is 6.10 Å². The summed E-state index contributed by atoms with van der Waals surface area (Å²) in [4.78, 5) is 0. The zero-order chi connectivity index (χ0) is 13.3. The molecule has 1 atom stereocenters. The quantitative estimate of drug-likeness (QED) is 0.753. The summed E-state index contributed by atoms with van der Waals surface area (Å²) < 4.78 is 14.3. The van der Waals surface area contributed by atoms with E-state index in [2.05, 4.69) is 31.9 Å². The molecule has 1 unspecified atom stereocenters. The molecule has 0 saturated carbocycles. The first-order valence-electron chi connectivity index (χ1n) is 5.07. The lowest BCUT2D eigenvalue weighted by Gasteiger charge is -2.14. The molecule has 0 aliphatic heterocycles. The molecule has 0 aromatic heterocycles. The predicted molar refractivity (Wildman–Crippen MR) is 77.3 cm³/mol. The standard InChI is InChI=1S/C13H8Br2ClFO/c14-8-2-3-9(11(16)6-8)13(18)7-1-4-12(17)10(15)5-7/h1-6,13,18H. The van der Waals surface area contributed by atoms with Crippen molar-refractivity contribution in [2.45, 2.75) is 6.10 Å². The van der Waals surface area contributed by atoms with Crippen LogP contribution in [0.15, 0.2) is 45.3 Å². The lowest BCUT2D eigenvalue weighted by atomic mass is 10.0. The second kappa shape index (κ2) is 5.70. The fourth-order valence-electron chi connectivity index (χ4n) is 1.59. The van der Waals surface area contributed by atoms with E-state index in [4.69, 9.17) is 11.6 Å². The number of hydrogen-bond acceptors (Lipinski definition) is 1. The summed E-state index contributed by atoms with van der Waals surface area (Å²) in [5, 5.41) is 10.7. The maximum Gasteiger partial charge on any atom is 0.137 e. The van der Waals surface area contributed by atoms with Gasteiger partial charge in [-0.1, -0.05) is 39.7 Å². The Labute approximate surface area is 126 Å². The minimum atomic E-state index is -0.887. The average molecular weight is 394 g/mol. The van der Waals surface area contributed by atoms with Gasteiger partial charge in [0.15, 0.2) is 0 Å². The van der Waals surface area contributed by atoms with Crippen molar-refractivity contribution in [1.29, 1.82) is 0 Å². The van der Waals surface area contributed by atoms with Crippen molar-refractivity contribution in [3.63, 3.8) is 0 Å². The van der Waals surface area contributed by atoms with E-state index in [1.165, 1.54) is 12.1 Å². The largest absolute Gasteiger partial charge is 0.384 e. The third-order valence-electron chi connectivity index (χ3n) is 2.52. The van der Waals surface area contributed by atoms with Crippen LogP contribution in [0.25, 0.3) is 0 Å². The van der Waals surface area contributed by atoms with Gasteiger partial charge < -0.3 is 5.11 Å². The van der Waals surface area contributed by atoms with Crippen LogP contribution in [0, 0.1) is 5.82 Å². The molecule has 0 saturated heterocycles. The summed E-state index contributed by atoms with van der Waals surface area (Å²) in [5.41, 5.74) is 1.16. The molecule has 18 heavy (non-hydrogen) atoms. The Morgan fingerprint density at radius 1 is 1.11 bits per heavy atom. The minimum Gasteiger partial charge on any atom is -0.384 e. The molecular weight excluding hydrogens is 386 g/mol. The van der Waals surface area contributed by atoms with Crippen molar-refractivity contribution in [2.75, 3.05) is 0 Å². The summed E-state index contributed by atoms with van der Waals surface area (Å²) in [6.07, 6.45) is -0.887. The number of halogens is 4. The van der Waals surface area contributed by atoms with Crippen molar-refractivity contribution < 1.29 is 9.50 Å². The van der Waals surface area contributed by atoms with Crippen molar-refractivity contribution in [3.05, 3.63) is 67.3 Å². The van der Waals surface area contributed by atoms with E-state index in [1.807, 2.05) is 0 Å². The Bertz CT molecular complexity index is 589. The van der Waals surface area contributed by atoms with Gasteiger partial charge in [0.2, 0.25) is 0 Å². The summed E-state index contributed by atoms with van der Waals surface area (Å²) in [5.74, 6) is -0.368. The molecule has 94 valence electrons. The Hall–Kier alpha value is -0.420. The SMILES string of the molecule is OC(c1ccc(F)c(Br)c1)c1ccc(Br)cc1Cl. The Morgan fingerprint density at radius 2 is 1.83 bits per heavy atom. The van der Waals surface area contributed by atoms with Gasteiger partial charge in [0.05, 0.1) is 4.47 Å². The first-order valence-corrected chi connectivity index (χ1v) is 7.03. The van der Waals surface area contributed by atoms with E-state index >= 15 is 0 Å². The fourth-order valence-corrected chi connectivity index (χ4v) is 2.76. The Morgan fingerprint density at radius 3 is 2.44 bits per heavy atom. The Balaban J connectivity index is 2.41. The molecule has 0 fully saturated rings.